The summed E-state index contributed by atoms with van der Waals surface area (Å²) in [4.78, 5) is 25.1. The van der Waals surface area contributed by atoms with Gasteiger partial charge < -0.3 is 4.98 Å². The van der Waals surface area contributed by atoms with Gasteiger partial charge in [-0.05, 0) is 106 Å². The number of nitrogens with zero attached hydrogens (tertiary/aromatic N) is 4. The number of fused-ring (bicyclic) bond motifs is 2. The highest BCUT2D eigenvalue weighted by atomic mass is 32.1. The number of piperidine rings is 1. The van der Waals surface area contributed by atoms with Crippen molar-refractivity contribution in [1.82, 2.24) is 24.5 Å². The average molecular weight is 504 g/mol. The molecule has 1 unspecified atom stereocenters. The lowest BCUT2D eigenvalue weighted by Gasteiger charge is -2.39. The molecule has 4 aromatic heterocycles. The maximum absolute atomic E-state index is 11.6. The van der Waals surface area contributed by atoms with E-state index < -0.39 is 0 Å². The normalized spacial score (nSPS) is 20.4. The molecule has 1 aliphatic heterocycles. The summed E-state index contributed by atoms with van der Waals surface area (Å²) < 4.78 is 1.89. The van der Waals surface area contributed by atoms with Crippen molar-refractivity contribution in [1.29, 1.82) is 0 Å². The average Bonchev–Trinajstić information content (AvgIpc) is 3.59. The van der Waals surface area contributed by atoms with E-state index in [4.69, 9.17) is 0 Å². The summed E-state index contributed by atoms with van der Waals surface area (Å²) in [6.07, 6.45) is 10.1. The number of carbonyl (C=O) groups is 1. The van der Waals surface area contributed by atoms with Crippen LogP contribution in [0.4, 0.5) is 0 Å². The molecule has 6 nitrogen and oxygen atoms in total. The molecule has 1 saturated heterocycles. The van der Waals surface area contributed by atoms with E-state index in [1.165, 1.54) is 64.7 Å². The highest BCUT2D eigenvalue weighted by Gasteiger charge is 2.43. The van der Waals surface area contributed by atoms with Crippen molar-refractivity contribution in [2.75, 3.05) is 19.6 Å². The zero-order chi connectivity index (χ0) is 25.2. The Morgan fingerprint density at radius 2 is 2.03 bits per heavy atom. The van der Waals surface area contributed by atoms with Gasteiger partial charge in [0.15, 0.2) is 5.65 Å². The quantitative estimate of drug-likeness (QED) is 0.332. The molecule has 2 fully saturated rings. The molecule has 1 aliphatic carbocycles. The maximum Gasteiger partial charge on any atom is 0.158 e. The molecule has 5 heterocycles. The number of ketones is 1. The maximum atomic E-state index is 11.6. The molecule has 2 aliphatic rings. The van der Waals surface area contributed by atoms with Crippen LogP contribution in [0.25, 0.3) is 27.1 Å². The summed E-state index contributed by atoms with van der Waals surface area (Å²) in [5.74, 6) is 1.37. The number of H-pyrrole nitrogens is 1. The van der Waals surface area contributed by atoms with Crippen molar-refractivity contribution in [3.05, 3.63) is 40.2 Å². The van der Waals surface area contributed by atoms with Crippen molar-refractivity contribution in [2.45, 2.75) is 78.6 Å². The third-order valence-corrected chi connectivity index (χ3v) is 10.2. The minimum Gasteiger partial charge on any atom is -0.346 e. The number of hydrogen-bond donors (Lipinski definition) is 1. The van der Waals surface area contributed by atoms with Gasteiger partial charge in [-0.25, -0.2) is 9.50 Å². The summed E-state index contributed by atoms with van der Waals surface area (Å²) >= 11 is 1.99. The number of nitrogens with one attached hydrogen (secondary N) is 1. The number of Topliss-reactive ketones (excluding diaryl/α,β-unsaturated/α-hetero) is 1. The Hall–Kier alpha value is -2.51. The van der Waals surface area contributed by atoms with Crippen LogP contribution >= 0.6 is 11.3 Å². The lowest BCUT2D eigenvalue weighted by atomic mass is 9.76. The number of pyridine rings is 1. The van der Waals surface area contributed by atoms with Crippen LogP contribution in [0.15, 0.2) is 18.6 Å². The Bertz CT molecular complexity index is 1450. The van der Waals surface area contributed by atoms with Crippen molar-refractivity contribution < 1.29 is 4.79 Å². The van der Waals surface area contributed by atoms with Crippen LogP contribution in [0.1, 0.15) is 86.3 Å². The van der Waals surface area contributed by atoms with Gasteiger partial charge in [-0.3, -0.25) is 9.69 Å². The standard InChI is InChI=1S/C29H37N5OS/c1-17(2)23-24-20(5)26(21-6-7-29(13-21)8-10-33(11-9-29)14-19(4)35)36-28(24)32-25(23)22-12-18(3)27-30-16-31-34(27)15-22/h12,15-17,21,32H,6-11,13-14H2,1-5H3. The van der Waals surface area contributed by atoms with Crippen molar-refractivity contribution in [3.8, 4) is 11.3 Å². The third kappa shape index (κ3) is 3.91. The van der Waals surface area contributed by atoms with Gasteiger partial charge >= 0.3 is 0 Å². The van der Waals surface area contributed by atoms with Crippen LogP contribution in [-0.4, -0.2) is 49.9 Å². The number of aryl methyl sites for hydroxylation is 2. The molecule has 6 rings (SSSR count). The van der Waals surface area contributed by atoms with Crippen LogP contribution in [0.2, 0.25) is 0 Å². The highest BCUT2D eigenvalue weighted by molar-refractivity contribution is 7.19. The number of thiophene rings is 1. The fourth-order valence-electron chi connectivity index (χ4n) is 7.06. The fourth-order valence-corrected chi connectivity index (χ4v) is 8.42. The fraction of sp³-hybridized carbons (Fsp3) is 0.552. The molecule has 190 valence electrons. The second kappa shape index (κ2) is 8.80. The molecular formula is C29H37N5OS. The van der Waals surface area contributed by atoms with Crippen molar-refractivity contribution >= 4 is 33.0 Å². The molecule has 0 bridgehead atoms. The van der Waals surface area contributed by atoms with E-state index in [1.54, 1.807) is 18.1 Å². The predicted octanol–water partition coefficient (Wildman–Crippen LogP) is 6.62. The molecular weight excluding hydrogens is 466 g/mol. The summed E-state index contributed by atoms with van der Waals surface area (Å²) in [6, 6.07) is 2.24. The molecule has 0 radical (unpaired) electrons. The highest BCUT2D eigenvalue weighted by Crippen LogP contribution is 2.55. The number of hydrogen-bond acceptors (Lipinski definition) is 5. The summed E-state index contributed by atoms with van der Waals surface area (Å²) in [5, 5.41) is 5.84. The summed E-state index contributed by atoms with van der Waals surface area (Å²) in [5.41, 5.74) is 7.83. The number of likely N-dealkylation sites (tertiary alicyclic amines) is 1. The van der Waals surface area contributed by atoms with Gasteiger partial charge in [0.2, 0.25) is 0 Å². The van der Waals surface area contributed by atoms with E-state index in [9.17, 15) is 4.79 Å². The minimum absolute atomic E-state index is 0.288. The lowest BCUT2D eigenvalue weighted by Crippen LogP contribution is -2.41. The first kappa shape index (κ1) is 23.9. The predicted molar refractivity (Wildman–Crippen MR) is 147 cm³/mol. The van der Waals surface area contributed by atoms with Crippen LogP contribution < -0.4 is 0 Å². The summed E-state index contributed by atoms with van der Waals surface area (Å²) in [7, 11) is 0. The number of aromatic amines is 1. The largest absolute Gasteiger partial charge is 0.346 e. The molecule has 0 aromatic carbocycles. The monoisotopic (exact) mass is 503 g/mol. The van der Waals surface area contributed by atoms with Gasteiger partial charge in [-0.1, -0.05) is 13.8 Å². The van der Waals surface area contributed by atoms with Gasteiger partial charge in [0.25, 0.3) is 0 Å². The molecule has 1 N–H and O–H groups in total. The SMILES string of the molecule is CC(=O)CN1CCC2(CCC(c3sc4[nH]c(-c5cc(C)c6ncnn6c5)c(C(C)C)c4c3C)C2)CC1. The van der Waals surface area contributed by atoms with E-state index in [1.807, 2.05) is 15.9 Å². The second-order valence-corrected chi connectivity index (χ2v) is 12.8. The Morgan fingerprint density at radius 1 is 1.25 bits per heavy atom. The van der Waals surface area contributed by atoms with E-state index in [-0.39, 0.29) is 5.78 Å². The summed E-state index contributed by atoms with van der Waals surface area (Å²) in [6.45, 7) is 13.6. The topological polar surface area (TPSA) is 66.3 Å². The van der Waals surface area contributed by atoms with Gasteiger partial charge in [-0.15, -0.1) is 11.3 Å². The molecule has 1 saturated carbocycles. The second-order valence-electron chi connectivity index (χ2n) is 11.7. The Balaban J connectivity index is 1.32. The van der Waals surface area contributed by atoms with Crippen LogP contribution in [0.5, 0.6) is 0 Å². The molecule has 1 spiro atoms. The molecule has 7 heteroatoms. The zero-order valence-corrected chi connectivity index (χ0v) is 23.0. The third-order valence-electron chi connectivity index (χ3n) is 8.82. The molecule has 36 heavy (non-hydrogen) atoms. The van der Waals surface area contributed by atoms with Crippen molar-refractivity contribution in [3.63, 3.8) is 0 Å². The van der Waals surface area contributed by atoms with Crippen LogP contribution in [0, 0.1) is 19.3 Å². The van der Waals surface area contributed by atoms with Gasteiger partial charge in [0, 0.05) is 22.0 Å². The zero-order valence-electron chi connectivity index (χ0n) is 22.1. The first-order valence-corrected chi connectivity index (χ1v) is 14.2. The molecule has 0 amide bonds. The van der Waals surface area contributed by atoms with Crippen molar-refractivity contribution in [2.24, 2.45) is 5.41 Å². The first-order valence-electron chi connectivity index (χ1n) is 13.4. The minimum atomic E-state index is 0.288. The van der Waals surface area contributed by atoms with E-state index in [2.05, 4.69) is 59.9 Å². The molecule has 4 aromatic rings. The smallest absolute Gasteiger partial charge is 0.158 e. The van der Waals surface area contributed by atoms with E-state index >= 15 is 0 Å². The Kier molecular flexibility index (Phi) is 5.84. The van der Waals surface area contributed by atoms with E-state index in [0.717, 1.165) is 24.3 Å². The van der Waals surface area contributed by atoms with Crippen LogP contribution in [-0.2, 0) is 4.79 Å². The Morgan fingerprint density at radius 3 is 2.75 bits per heavy atom. The number of aromatic nitrogens is 4. The Labute approximate surface area is 217 Å². The number of rotatable bonds is 5. The van der Waals surface area contributed by atoms with Gasteiger partial charge in [-0.2, -0.15) is 5.10 Å². The number of carbonyl (C=O) groups excluding carboxylic acids is 1. The van der Waals surface area contributed by atoms with Gasteiger partial charge in [0.1, 0.15) is 16.9 Å². The lowest BCUT2D eigenvalue weighted by molar-refractivity contribution is -0.118. The first-order chi connectivity index (χ1) is 17.2. The molecule has 1 atom stereocenters. The van der Waals surface area contributed by atoms with Crippen LogP contribution in [0.3, 0.4) is 0 Å². The van der Waals surface area contributed by atoms with Gasteiger partial charge in [0.05, 0.1) is 12.2 Å². The van der Waals surface area contributed by atoms with E-state index in [0.29, 0.717) is 23.8 Å².